The van der Waals surface area contributed by atoms with Gasteiger partial charge in [-0.25, -0.2) is 8.42 Å². The van der Waals surface area contributed by atoms with Crippen LogP contribution in [0.1, 0.15) is 43.2 Å². The Morgan fingerprint density at radius 2 is 1.72 bits per heavy atom. The normalized spacial score (nSPS) is 20.5. The van der Waals surface area contributed by atoms with Crippen molar-refractivity contribution in [2.75, 3.05) is 59.7 Å². The van der Waals surface area contributed by atoms with Crippen molar-refractivity contribution >= 4 is 39.1 Å². The molecule has 2 aromatic carbocycles. The highest BCUT2D eigenvalue weighted by atomic mass is 35.5. The zero-order valence-corrected chi connectivity index (χ0v) is 28.2. The van der Waals surface area contributed by atoms with Gasteiger partial charge in [0.15, 0.2) is 0 Å². The number of carbonyl (C=O) groups excluding carboxylic acids is 1. The molecule has 1 aliphatic heterocycles. The summed E-state index contributed by atoms with van der Waals surface area (Å²) in [5.74, 6) is 0.697. The fourth-order valence-corrected chi connectivity index (χ4v) is 8.58. The monoisotopic (exact) mass is 707 g/mol. The van der Waals surface area contributed by atoms with Gasteiger partial charge in [-0.2, -0.15) is 17.5 Å². The first-order chi connectivity index (χ1) is 21.9. The summed E-state index contributed by atoms with van der Waals surface area (Å²) in [6, 6.07) is 12.2. The van der Waals surface area contributed by atoms with E-state index in [0.29, 0.717) is 36.6 Å². The highest BCUT2D eigenvalue weighted by Crippen LogP contribution is 2.39. The number of halogens is 5. The number of nitrogens with zero attached hydrogens (tertiary/aromatic N) is 2. The zero-order chi connectivity index (χ0) is 33.3. The van der Waals surface area contributed by atoms with Crippen molar-refractivity contribution in [3.63, 3.8) is 0 Å². The number of amides is 1. The number of alkyl halides is 3. The third-order valence-electron chi connectivity index (χ3n) is 8.89. The van der Waals surface area contributed by atoms with Crippen LogP contribution in [-0.2, 0) is 36.9 Å². The molecule has 1 amide bonds. The lowest BCUT2D eigenvalue weighted by Crippen LogP contribution is -2.48. The molecule has 0 bridgehead atoms. The predicted octanol–water partition coefficient (Wildman–Crippen LogP) is 5.91. The average molecular weight is 709 g/mol. The Balaban J connectivity index is 1.18. The minimum Gasteiger partial charge on any atom is -0.379 e. The predicted molar refractivity (Wildman–Crippen MR) is 171 cm³/mol. The summed E-state index contributed by atoms with van der Waals surface area (Å²) in [6.07, 6.45) is 1.74. The molecule has 1 unspecified atom stereocenters. The van der Waals surface area contributed by atoms with Gasteiger partial charge >= 0.3 is 6.18 Å². The Bertz CT molecular complexity index is 1360. The third-order valence-corrected chi connectivity index (χ3v) is 11.7. The number of hydrogen-bond donors (Lipinski definition) is 1. The molecule has 0 radical (unpaired) electrons. The largest absolute Gasteiger partial charge is 0.416 e. The molecule has 8 nitrogen and oxygen atoms in total. The first-order valence-electron chi connectivity index (χ1n) is 15.6. The standard InChI is InChI=1S/C32H42Cl2F3N3O5S/c1-39(46(42,43)31-27(33)19-26(20-28(31)34)32(35,36)37)13-16-45-22-30(41)38-21-24-7-10-25(11-8-24)29(40-14-17-44-18-15-40)12-9-23-5-3-2-4-6-23/h2-6,19-20,24-25,29H,7-18,21-22H2,1H3,(H,38,41). The molecule has 2 aromatic rings. The Morgan fingerprint density at radius 3 is 2.33 bits per heavy atom. The highest BCUT2D eigenvalue weighted by Gasteiger charge is 2.35. The van der Waals surface area contributed by atoms with Gasteiger partial charge in [-0.05, 0) is 68.1 Å². The Kier molecular flexibility index (Phi) is 13.6. The molecular weight excluding hydrogens is 666 g/mol. The lowest BCUT2D eigenvalue weighted by molar-refractivity contribution is -0.137. The van der Waals surface area contributed by atoms with Crippen LogP contribution >= 0.6 is 23.2 Å². The summed E-state index contributed by atoms with van der Waals surface area (Å²) < 4.78 is 76.8. The number of hydrogen-bond acceptors (Lipinski definition) is 6. The fraction of sp³-hybridized carbons (Fsp3) is 0.594. The molecule has 14 heteroatoms. The smallest absolute Gasteiger partial charge is 0.379 e. The van der Waals surface area contributed by atoms with E-state index in [0.717, 1.165) is 69.1 Å². The van der Waals surface area contributed by atoms with E-state index in [1.54, 1.807) is 0 Å². The first kappa shape index (κ1) is 36.9. The third kappa shape index (κ3) is 10.3. The van der Waals surface area contributed by atoms with Crippen LogP contribution in [-0.4, -0.2) is 89.2 Å². The Hall–Kier alpha value is -1.93. The number of likely N-dealkylation sites (N-methyl/N-ethyl adjacent to an activating group) is 1. The molecule has 1 saturated carbocycles. The lowest BCUT2D eigenvalue weighted by Gasteiger charge is -2.42. The van der Waals surface area contributed by atoms with E-state index in [4.69, 9.17) is 32.7 Å². The summed E-state index contributed by atoms with van der Waals surface area (Å²) in [5.41, 5.74) is 0.211. The molecule has 2 aliphatic rings. The molecule has 1 atom stereocenters. The van der Waals surface area contributed by atoms with E-state index in [1.165, 1.54) is 12.6 Å². The number of aryl methyl sites for hydroxylation is 1. The molecule has 1 aliphatic carbocycles. The molecule has 1 saturated heterocycles. The van der Waals surface area contributed by atoms with Crippen LogP contribution in [0, 0.1) is 11.8 Å². The second-order valence-corrected chi connectivity index (χ2v) is 14.8. The second kappa shape index (κ2) is 16.9. The topological polar surface area (TPSA) is 88.2 Å². The van der Waals surface area contributed by atoms with Crippen molar-refractivity contribution in [1.82, 2.24) is 14.5 Å². The maximum absolute atomic E-state index is 13.0. The summed E-state index contributed by atoms with van der Waals surface area (Å²) >= 11 is 11.8. The lowest BCUT2D eigenvalue weighted by atomic mass is 9.76. The van der Waals surface area contributed by atoms with E-state index in [1.807, 2.05) is 6.07 Å². The number of sulfonamides is 1. The summed E-state index contributed by atoms with van der Waals surface area (Å²) in [7, 11) is -3.08. The highest BCUT2D eigenvalue weighted by molar-refractivity contribution is 7.89. The Labute approximate surface area is 279 Å². The number of ether oxygens (including phenoxy) is 2. The van der Waals surface area contributed by atoms with Crippen LogP contribution in [0.25, 0.3) is 0 Å². The van der Waals surface area contributed by atoms with Gasteiger partial charge in [-0.1, -0.05) is 53.5 Å². The van der Waals surface area contributed by atoms with Crippen LogP contribution < -0.4 is 5.32 Å². The molecule has 256 valence electrons. The van der Waals surface area contributed by atoms with Gasteiger partial charge in [0.1, 0.15) is 11.5 Å². The molecule has 0 aromatic heterocycles. The molecule has 0 spiro atoms. The van der Waals surface area contributed by atoms with Crippen LogP contribution in [0.5, 0.6) is 0 Å². The summed E-state index contributed by atoms with van der Waals surface area (Å²) in [6.45, 7) is 3.52. The number of morpholine rings is 1. The number of rotatable bonds is 14. The van der Waals surface area contributed by atoms with Crippen molar-refractivity contribution in [1.29, 1.82) is 0 Å². The minimum absolute atomic E-state index is 0.115. The summed E-state index contributed by atoms with van der Waals surface area (Å²) in [5, 5.41) is 1.66. The van der Waals surface area contributed by atoms with E-state index in [-0.39, 0.29) is 25.7 Å². The molecular formula is C32H42Cl2F3N3O5S. The van der Waals surface area contributed by atoms with Crippen molar-refractivity contribution in [3.05, 3.63) is 63.6 Å². The summed E-state index contributed by atoms with van der Waals surface area (Å²) in [4.78, 5) is 14.4. The minimum atomic E-state index is -4.73. The Morgan fingerprint density at radius 1 is 1.09 bits per heavy atom. The average Bonchev–Trinajstić information content (AvgIpc) is 3.02. The number of nitrogens with one attached hydrogen (secondary N) is 1. The quantitative estimate of drug-likeness (QED) is 0.246. The van der Waals surface area contributed by atoms with Crippen molar-refractivity contribution in [3.8, 4) is 0 Å². The van der Waals surface area contributed by atoms with Crippen LogP contribution in [0.3, 0.4) is 0 Å². The van der Waals surface area contributed by atoms with Crippen LogP contribution in [0.2, 0.25) is 10.0 Å². The van der Waals surface area contributed by atoms with Crippen molar-refractivity contribution in [2.45, 2.75) is 55.6 Å². The van der Waals surface area contributed by atoms with E-state index in [2.05, 4.69) is 34.5 Å². The molecule has 4 rings (SSSR count). The van der Waals surface area contributed by atoms with Gasteiger partial charge in [0, 0.05) is 39.3 Å². The van der Waals surface area contributed by atoms with Crippen molar-refractivity contribution < 1.29 is 35.9 Å². The van der Waals surface area contributed by atoms with Crippen LogP contribution in [0.4, 0.5) is 13.2 Å². The number of benzene rings is 2. The molecule has 1 heterocycles. The van der Waals surface area contributed by atoms with E-state index in [9.17, 15) is 26.4 Å². The SMILES string of the molecule is CN(CCOCC(=O)NCC1CCC(C(CCc2ccccc2)N2CCOCC2)CC1)S(=O)(=O)c1c(Cl)cc(C(F)(F)F)cc1Cl. The van der Waals surface area contributed by atoms with Gasteiger partial charge in [0.2, 0.25) is 15.9 Å². The number of carbonyl (C=O) groups is 1. The maximum atomic E-state index is 13.0. The van der Waals surface area contributed by atoms with Crippen LogP contribution in [0.15, 0.2) is 47.4 Å². The van der Waals surface area contributed by atoms with Gasteiger partial charge in [0.25, 0.3) is 0 Å². The molecule has 46 heavy (non-hydrogen) atoms. The maximum Gasteiger partial charge on any atom is 0.416 e. The zero-order valence-electron chi connectivity index (χ0n) is 25.9. The van der Waals surface area contributed by atoms with Crippen molar-refractivity contribution in [2.24, 2.45) is 11.8 Å². The first-order valence-corrected chi connectivity index (χ1v) is 17.8. The van der Waals surface area contributed by atoms with Gasteiger partial charge in [-0.3, -0.25) is 9.69 Å². The second-order valence-electron chi connectivity index (χ2n) is 12.0. The fourth-order valence-electron chi connectivity index (χ4n) is 6.28. The molecule has 2 fully saturated rings. The van der Waals surface area contributed by atoms with E-state index < -0.39 is 36.7 Å². The van der Waals surface area contributed by atoms with Gasteiger partial charge in [0.05, 0.1) is 35.4 Å². The molecule has 1 N–H and O–H groups in total. The van der Waals surface area contributed by atoms with Gasteiger partial charge in [-0.15, -0.1) is 0 Å². The van der Waals surface area contributed by atoms with Gasteiger partial charge < -0.3 is 14.8 Å². The van der Waals surface area contributed by atoms with E-state index >= 15 is 0 Å².